The van der Waals surface area contributed by atoms with Crippen molar-refractivity contribution in [2.75, 3.05) is 13.1 Å². The van der Waals surface area contributed by atoms with Crippen molar-refractivity contribution in [1.82, 2.24) is 4.90 Å². The molecule has 104 valence electrons. The zero-order valence-corrected chi connectivity index (χ0v) is 12.4. The molecule has 1 aromatic carbocycles. The lowest BCUT2D eigenvalue weighted by Gasteiger charge is -2.23. The average molecular weight is 280 g/mol. The summed E-state index contributed by atoms with van der Waals surface area (Å²) in [6.07, 6.45) is -0.504. The molecule has 2 N–H and O–H groups in total. The van der Waals surface area contributed by atoms with Gasteiger partial charge in [0, 0.05) is 18.7 Å². The maximum Gasteiger partial charge on any atom is 0.263 e. The van der Waals surface area contributed by atoms with Crippen LogP contribution >= 0.6 is 12.2 Å². The molecule has 1 amide bonds. The number of carbonyl (C=O) groups is 1. The Kier molecular flexibility index (Phi) is 5.76. The quantitative estimate of drug-likeness (QED) is 0.809. The minimum Gasteiger partial charge on any atom is -0.481 e. The number of amides is 1. The third-order valence-electron chi connectivity index (χ3n) is 2.87. The fourth-order valence-corrected chi connectivity index (χ4v) is 1.88. The molecule has 1 aromatic rings. The summed E-state index contributed by atoms with van der Waals surface area (Å²) in [6, 6.07) is 7.10. The first kappa shape index (κ1) is 15.4. The Balaban J connectivity index is 2.68. The molecule has 0 saturated heterocycles. The standard InChI is InChI=1S/C14H20N2O2S/c1-4-16(5-2)14(17)10(3)18-12-8-6-11(7-9-12)13(15)19/h6-10H,4-5H2,1-3H3,(H2,15,19). The summed E-state index contributed by atoms with van der Waals surface area (Å²) < 4.78 is 5.62. The Morgan fingerprint density at radius 1 is 1.32 bits per heavy atom. The Bertz CT molecular complexity index is 441. The third kappa shape index (κ3) is 4.21. The minimum absolute atomic E-state index is 0.0107. The van der Waals surface area contributed by atoms with E-state index in [2.05, 4.69) is 0 Å². The molecule has 4 nitrogen and oxygen atoms in total. The van der Waals surface area contributed by atoms with Gasteiger partial charge in [0.2, 0.25) is 0 Å². The molecule has 1 atom stereocenters. The first-order chi connectivity index (χ1) is 8.99. The normalized spacial score (nSPS) is 11.7. The smallest absolute Gasteiger partial charge is 0.263 e. The summed E-state index contributed by atoms with van der Waals surface area (Å²) in [5, 5.41) is 0. The second kappa shape index (κ2) is 7.09. The van der Waals surface area contributed by atoms with Gasteiger partial charge in [-0.2, -0.15) is 0 Å². The van der Waals surface area contributed by atoms with Crippen molar-refractivity contribution in [2.24, 2.45) is 5.73 Å². The van der Waals surface area contributed by atoms with Gasteiger partial charge in [0.05, 0.1) is 0 Å². The molecular formula is C14H20N2O2S. The Labute approximate surface area is 119 Å². The van der Waals surface area contributed by atoms with Crippen molar-refractivity contribution in [3.8, 4) is 5.75 Å². The highest BCUT2D eigenvalue weighted by atomic mass is 32.1. The number of ether oxygens (including phenoxy) is 1. The van der Waals surface area contributed by atoms with E-state index in [9.17, 15) is 4.79 Å². The van der Waals surface area contributed by atoms with E-state index >= 15 is 0 Å². The van der Waals surface area contributed by atoms with Crippen LogP contribution in [0.1, 0.15) is 26.3 Å². The molecular weight excluding hydrogens is 260 g/mol. The Hall–Kier alpha value is -1.62. The van der Waals surface area contributed by atoms with E-state index in [4.69, 9.17) is 22.7 Å². The maximum absolute atomic E-state index is 12.0. The molecule has 0 aliphatic carbocycles. The number of likely N-dealkylation sites (N-methyl/N-ethyl adjacent to an activating group) is 1. The number of benzene rings is 1. The third-order valence-corrected chi connectivity index (χ3v) is 3.11. The van der Waals surface area contributed by atoms with Crippen molar-refractivity contribution in [3.05, 3.63) is 29.8 Å². The summed E-state index contributed by atoms with van der Waals surface area (Å²) in [5.74, 6) is 0.622. The zero-order chi connectivity index (χ0) is 14.4. The number of hydrogen-bond acceptors (Lipinski definition) is 3. The average Bonchev–Trinajstić information content (AvgIpc) is 2.40. The first-order valence-electron chi connectivity index (χ1n) is 6.34. The van der Waals surface area contributed by atoms with Gasteiger partial charge in [-0.05, 0) is 45.0 Å². The molecule has 0 bridgehead atoms. The van der Waals surface area contributed by atoms with Crippen LogP contribution in [0.4, 0.5) is 0 Å². The predicted molar refractivity (Wildman–Crippen MR) is 80.3 cm³/mol. The topological polar surface area (TPSA) is 55.6 Å². The van der Waals surface area contributed by atoms with Crippen molar-refractivity contribution >= 4 is 23.1 Å². The summed E-state index contributed by atoms with van der Waals surface area (Å²) in [5.41, 5.74) is 6.30. The van der Waals surface area contributed by atoms with E-state index in [0.29, 0.717) is 23.8 Å². The maximum atomic E-state index is 12.0. The van der Waals surface area contributed by atoms with Crippen LogP contribution in [0.25, 0.3) is 0 Å². The number of rotatable bonds is 6. The lowest BCUT2D eigenvalue weighted by Crippen LogP contribution is -2.40. The molecule has 1 unspecified atom stereocenters. The first-order valence-corrected chi connectivity index (χ1v) is 6.75. The second-order valence-corrected chi connectivity index (χ2v) is 4.60. The van der Waals surface area contributed by atoms with Crippen LogP contribution in [0, 0.1) is 0 Å². The van der Waals surface area contributed by atoms with Gasteiger partial charge >= 0.3 is 0 Å². The molecule has 1 rings (SSSR count). The van der Waals surface area contributed by atoms with Crippen molar-refractivity contribution < 1.29 is 9.53 Å². The molecule has 0 heterocycles. The number of nitrogens with zero attached hydrogens (tertiary/aromatic N) is 1. The molecule has 0 spiro atoms. The highest BCUT2D eigenvalue weighted by Gasteiger charge is 2.19. The van der Waals surface area contributed by atoms with Gasteiger partial charge in [-0.25, -0.2) is 0 Å². The summed E-state index contributed by atoms with van der Waals surface area (Å²) in [4.78, 5) is 14.1. The molecule has 0 fully saturated rings. The van der Waals surface area contributed by atoms with Crippen molar-refractivity contribution in [3.63, 3.8) is 0 Å². The van der Waals surface area contributed by atoms with E-state index < -0.39 is 6.10 Å². The van der Waals surface area contributed by atoms with Gasteiger partial charge in [0.15, 0.2) is 6.10 Å². The number of carbonyl (C=O) groups excluding carboxylic acids is 1. The largest absolute Gasteiger partial charge is 0.481 e. The van der Waals surface area contributed by atoms with E-state index in [1.807, 2.05) is 13.8 Å². The highest BCUT2D eigenvalue weighted by Crippen LogP contribution is 2.14. The van der Waals surface area contributed by atoms with E-state index in [0.717, 1.165) is 5.56 Å². The molecule has 0 radical (unpaired) electrons. The van der Waals surface area contributed by atoms with E-state index in [1.54, 1.807) is 36.1 Å². The summed E-state index contributed by atoms with van der Waals surface area (Å²) in [6.45, 7) is 7.02. The fraction of sp³-hybridized carbons (Fsp3) is 0.429. The van der Waals surface area contributed by atoms with Crippen LogP contribution in [-0.2, 0) is 4.79 Å². The van der Waals surface area contributed by atoms with Crippen LogP contribution in [0.5, 0.6) is 5.75 Å². The Morgan fingerprint density at radius 2 is 1.84 bits per heavy atom. The Morgan fingerprint density at radius 3 is 2.26 bits per heavy atom. The SMILES string of the molecule is CCN(CC)C(=O)C(C)Oc1ccc(C(N)=S)cc1. The van der Waals surface area contributed by atoms with E-state index in [1.165, 1.54) is 0 Å². The molecule has 0 aliphatic rings. The van der Waals surface area contributed by atoms with Gasteiger partial charge in [0.25, 0.3) is 5.91 Å². The van der Waals surface area contributed by atoms with Gasteiger partial charge in [0.1, 0.15) is 10.7 Å². The molecule has 5 heteroatoms. The number of hydrogen-bond donors (Lipinski definition) is 1. The van der Waals surface area contributed by atoms with Crippen LogP contribution < -0.4 is 10.5 Å². The van der Waals surface area contributed by atoms with Gasteiger partial charge in [-0.3, -0.25) is 4.79 Å². The van der Waals surface area contributed by atoms with Gasteiger partial charge in [-0.15, -0.1) is 0 Å². The van der Waals surface area contributed by atoms with Crippen LogP contribution in [-0.4, -0.2) is 35.0 Å². The monoisotopic (exact) mass is 280 g/mol. The van der Waals surface area contributed by atoms with Crippen LogP contribution in [0.15, 0.2) is 24.3 Å². The highest BCUT2D eigenvalue weighted by molar-refractivity contribution is 7.80. The van der Waals surface area contributed by atoms with Crippen molar-refractivity contribution in [2.45, 2.75) is 26.9 Å². The van der Waals surface area contributed by atoms with Gasteiger partial charge in [-0.1, -0.05) is 12.2 Å². The molecule has 0 saturated carbocycles. The lowest BCUT2D eigenvalue weighted by molar-refractivity contribution is -0.137. The van der Waals surface area contributed by atoms with Crippen molar-refractivity contribution in [1.29, 1.82) is 0 Å². The zero-order valence-electron chi connectivity index (χ0n) is 11.6. The fourth-order valence-electron chi connectivity index (χ4n) is 1.74. The number of nitrogens with two attached hydrogens (primary N) is 1. The predicted octanol–water partition coefficient (Wildman–Crippen LogP) is 1.96. The second-order valence-electron chi connectivity index (χ2n) is 4.16. The molecule has 0 aromatic heterocycles. The van der Waals surface area contributed by atoms with Crippen LogP contribution in [0.3, 0.4) is 0 Å². The van der Waals surface area contributed by atoms with E-state index in [-0.39, 0.29) is 5.91 Å². The lowest BCUT2D eigenvalue weighted by atomic mass is 10.2. The molecule has 19 heavy (non-hydrogen) atoms. The summed E-state index contributed by atoms with van der Waals surface area (Å²) >= 11 is 4.88. The number of thiocarbonyl (C=S) groups is 1. The van der Waals surface area contributed by atoms with Gasteiger partial charge < -0.3 is 15.4 Å². The summed E-state index contributed by atoms with van der Waals surface area (Å²) in [7, 11) is 0. The van der Waals surface area contributed by atoms with Crippen LogP contribution in [0.2, 0.25) is 0 Å². The minimum atomic E-state index is -0.504. The molecule has 0 aliphatic heterocycles.